The van der Waals surface area contributed by atoms with Crippen LogP contribution in [-0.2, 0) is 12.4 Å². The van der Waals surface area contributed by atoms with Gasteiger partial charge in [-0.05, 0) is 18.2 Å². The SMILES string of the molecule is COc1nc2[nH]c(C(F)(F)F)nc2nc1Nc1ccc(C(F)(F)F)cc1F. The zero-order valence-corrected chi connectivity index (χ0v) is 13.1. The Morgan fingerprint density at radius 1 is 1.00 bits per heavy atom. The summed E-state index contributed by atoms with van der Waals surface area (Å²) in [5.41, 5.74) is -2.40. The van der Waals surface area contributed by atoms with Crippen LogP contribution in [0.4, 0.5) is 42.2 Å². The summed E-state index contributed by atoms with van der Waals surface area (Å²) in [5, 5.41) is 2.33. The van der Waals surface area contributed by atoms with E-state index in [0.717, 1.165) is 13.2 Å². The van der Waals surface area contributed by atoms with Crippen LogP contribution in [0.15, 0.2) is 18.2 Å². The van der Waals surface area contributed by atoms with Crippen molar-refractivity contribution >= 4 is 22.8 Å². The van der Waals surface area contributed by atoms with Crippen LogP contribution < -0.4 is 10.1 Å². The number of aromatic nitrogens is 4. The van der Waals surface area contributed by atoms with Crippen molar-refractivity contribution < 1.29 is 35.5 Å². The Morgan fingerprint density at radius 2 is 1.70 bits per heavy atom. The molecule has 2 heterocycles. The number of fused-ring (bicyclic) bond motifs is 1. The Kier molecular flexibility index (Phi) is 4.32. The summed E-state index contributed by atoms with van der Waals surface area (Å²) in [6.07, 6.45) is -9.51. The summed E-state index contributed by atoms with van der Waals surface area (Å²) in [6.45, 7) is 0. The minimum atomic E-state index is -4.78. The first-order valence-corrected chi connectivity index (χ1v) is 7.01. The first kappa shape index (κ1) is 18.7. The average molecular weight is 395 g/mol. The molecule has 0 aliphatic rings. The van der Waals surface area contributed by atoms with Gasteiger partial charge in [-0.1, -0.05) is 0 Å². The van der Waals surface area contributed by atoms with E-state index in [-0.39, 0.29) is 23.4 Å². The average Bonchev–Trinajstić information content (AvgIpc) is 2.98. The van der Waals surface area contributed by atoms with E-state index in [2.05, 4.69) is 20.3 Å². The number of methoxy groups -OCH3 is 1. The van der Waals surface area contributed by atoms with Crippen molar-refractivity contribution in [1.29, 1.82) is 0 Å². The fraction of sp³-hybridized carbons (Fsp3) is 0.214. The van der Waals surface area contributed by atoms with Gasteiger partial charge >= 0.3 is 12.4 Å². The third kappa shape index (κ3) is 3.71. The molecule has 0 aliphatic carbocycles. The Morgan fingerprint density at radius 3 is 2.26 bits per heavy atom. The first-order valence-electron chi connectivity index (χ1n) is 7.01. The first-order chi connectivity index (χ1) is 12.5. The highest BCUT2D eigenvalue weighted by Crippen LogP contribution is 2.34. The fourth-order valence-electron chi connectivity index (χ4n) is 2.10. The van der Waals surface area contributed by atoms with Gasteiger partial charge in [-0.15, -0.1) is 0 Å². The number of aromatic amines is 1. The summed E-state index contributed by atoms with van der Waals surface area (Å²) >= 11 is 0. The van der Waals surface area contributed by atoms with E-state index < -0.39 is 40.9 Å². The van der Waals surface area contributed by atoms with E-state index in [1.165, 1.54) is 0 Å². The summed E-state index contributed by atoms with van der Waals surface area (Å²) < 4.78 is 94.7. The smallest absolute Gasteiger partial charge is 0.449 e. The number of nitrogens with zero attached hydrogens (tertiary/aromatic N) is 3. The number of anilines is 2. The van der Waals surface area contributed by atoms with Crippen molar-refractivity contribution in [2.75, 3.05) is 12.4 Å². The maximum atomic E-state index is 14.0. The Bertz CT molecular complexity index is 996. The maximum absolute atomic E-state index is 14.0. The van der Waals surface area contributed by atoms with Gasteiger partial charge in [0.25, 0.3) is 5.88 Å². The molecule has 0 spiro atoms. The third-order valence-electron chi connectivity index (χ3n) is 3.31. The van der Waals surface area contributed by atoms with Crippen LogP contribution in [0.5, 0.6) is 5.88 Å². The number of benzene rings is 1. The van der Waals surface area contributed by atoms with Crippen LogP contribution in [0, 0.1) is 5.82 Å². The van der Waals surface area contributed by atoms with Gasteiger partial charge in [0.15, 0.2) is 17.1 Å². The van der Waals surface area contributed by atoms with E-state index in [9.17, 15) is 30.7 Å². The lowest BCUT2D eigenvalue weighted by molar-refractivity contribution is -0.144. The molecule has 0 radical (unpaired) electrons. The van der Waals surface area contributed by atoms with Crippen molar-refractivity contribution in [3.63, 3.8) is 0 Å². The lowest BCUT2D eigenvalue weighted by Gasteiger charge is -2.12. The fourth-order valence-corrected chi connectivity index (χ4v) is 2.10. The second-order valence-corrected chi connectivity index (χ2v) is 5.15. The summed E-state index contributed by atoms with van der Waals surface area (Å²) in [5.74, 6) is -3.26. The largest absolute Gasteiger partial charge is 0.478 e. The van der Waals surface area contributed by atoms with Gasteiger partial charge in [0.05, 0.1) is 18.4 Å². The van der Waals surface area contributed by atoms with Gasteiger partial charge in [0.1, 0.15) is 5.82 Å². The van der Waals surface area contributed by atoms with Crippen LogP contribution in [0.3, 0.4) is 0 Å². The van der Waals surface area contributed by atoms with Crippen LogP contribution in [-0.4, -0.2) is 27.0 Å². The molecule has 13 heteroatoms. The van der Waals surface area contributed by atoms with Gasteiger partial charge in [0.2, 0.25) is 5.82 Å². The number of ether oxygens (including phenoxy) is 1. The maximum Gasteiger partial charge on any atom is 0.449 e. The molecule has 0 unspecified atom stereocenters. The van der Waals surface area contributed by atoms with E-state index in [4.69, 9.17) is 4.74 Å². The van der Waals surface area contributed by atoms with Gasteiger partial charge in [0, 0.05) is 0 Å². The number of nitrogens with one attached hydrogen (secondary N) is 2. The summed E-state index contributed by atoms with van der Waals surface area (Å²) in [7, 11) is 1.13. The molecule has 144 valence electrons. The van der Waals surface area contributed by atoms with Gasteiger partial charge in [-0.2, -0.15) is 31.3 Å². The number of halogens is 7. The number of imidazole rings is 1. The second kappa shape index (κ2) is 6.25. The Hall–Kier alpha value is -3.12. The molecule has 0 amide bonds. The molecule has 0 atom stereocenters. The molecule has 0 fully saturated rings. The van der Waals surface area contributed by atoms with Gasteiger partial charge in [-0.25, -0.2) is 14.4 Å². The quantitative estimate of drug-likeness (QED) is 0.648. The van der Waals surface area contributed by atoms with Crippen LogP contribution >= 0.6 is 0 Å². The number of hydrogen-bond donors (Lipinski definition) is 2. The zero-order chi connectivity index (χ0) is 20.0. The predicted molar refractivity (Wildman–Crippen MR) is 77.9 cm³/mol. The van der Waals surface area contributed by atoms with E-state index in [0.29, 0.717) is 6.07 Å². The molecule has 3 aromatic rings. The lowest BCUT2D eigenvalue weighted by atomic mass is 10.2. The molecule has 0 saturated heterocycles. The van der Waals surface area contributed by atoms with Crippen LogP contribution in [0.1, 0.15) is 11.4 Å². The number of hydrogen-bond acceptors (Lipinski definition) is 5. The monoisotopic (exact) mass is 395 g/mol. The minimum Gasteiger partial charge on any atom is -0.478 e. The second-order valence-electron chi connectivity index (χ2n) is 5.15. The van der Waals surface area contributed by atoms with E-state index >= 15 is 0 Å². The molecule has 0 saturated carbocycles. The zero-order valence-electron chi connectivity index (χ0n) is 13.1. The van der Waals surface area contributed by atoms with Crippen molar-refractivity contribution in [3.05, 3.63) is 35.4 Å². The van der Waals surface area contributed by atoms with E-state index in [1.807, 2.05) is 4.98 Å². The molecule has 6 nitrogen and oxygen atoms in total. The molecule has 1 aromatic carbocycles. The topological polar surface area (TPSA) is 75.7 Å². The lowest BCUT2D eigenvalue weighted by Crippen LogP contribution is -2.07. The molecule has 2 aromatic heterocycles. The molecule has 2 N–H and O–H groups in total. The summed E-state index contributed by atoms with van der Waals surface area (Å²) in [6, 6.07) is 1.69. The van der Waals surface area contributed by atoms with Crippen LogP contribution in [0.25, 0.3) is 11.3 Å². The molecule has 0 aliphatic heterocycles. The van der Waals surface area contributed by atoms with Crippen molar-refractivity contribution in [1.82, 2.24) is 19.9 Å². The third-order valence-corrected chi connectivity index (χ3v) is 3.31. The molecule has 27 heavy (non-hydrogen) atoms. The van der Waals surface area contributed by atoms with Crippen molar-refractivity contribution in [2.45, 2.75) is 12.4 Å². The van der Waals surface area contributed by atoms with Crippen molar-refractivity contribution in [2.24, 2.45) is 0 Å². The normalized spacial score (nSPS) is 12.4. The highest BCUT2D eigenvalue weighted by Gasteiger charge is 2.35. The minimum absolute atomic E-state index is 0.261. The molecule has 0 bridgehead atoms. The van der Waals surface area contributed by atoms with E-state index in [1.54, 1.807) is 0 Å². The highest BCUT2D eigenvalue weighted by atomic mass is 19.4. The van der Waals surface area contributed by atoms with Gasteiger partial charge in [-0.3, -0.25) is 0 Å². The Labute approximate surface area is 145 Å². The number of H-pyrrole nitrogens is 1. The molecule has 3 rings (SSSR count). The molecular formula is C14H8F7N5O. The Balaban J connectivity index is 2.01. The van der Waals surface area contributed by atoms with Crippen LogP contribution in [0.2, 0.25) is 0 Å². The highest BCUT2D eigenvalue weighted by molar-refractivity contribution is 5.73. The number of alkyl halides is 6. The van der Waals surface area contributed by atoms with Crippen molar-refractivity contribution in [3.8, 4) is 5.88 Å². The predicted octanol–water partition coefficient (Wildman–Crippen LogP) is 4.28. The molecular weight excluding hydrogens is 387 g/mol. The number of rotatable bonds is 3. The standard InChI is InChI=1S/C14H8F7N5O/c1-27-11-10(22-7-3-2-5(4-6(7)15)13(16,17)18)23-8-9(24-11)26-12(25-8)14(19,20)21/h2-4H,1H3,(H2,22,23,24,25,26). The summed E-state index contributed by atoms with van der Waals surface area (Å²) in [4.78, 5) is 12.7. The van der Waals surface area contributed by atoms with Gasteiger partial charge < -0.3 is 15.0 Å².